The van der Waals surface area contributed by atoms with Gasteiger partial charge in [-0.15, -0.1) is 0 Å². The summed E-state index contributed by atoms with van der Waals surface area (Å²) >= 11 is 0. The molecule has 0 spiro atoms. The Hall–Kier alpha value is -2.12. The van der Waals surface area contributed by atoms with Gasteiger partial charge in [-0.3, -0.25) is 10.1 Å². The summed E-state index contributed by atoms with van der Waals surface area (Å²) in [4.78, 5) is 21.8. The molecule has 2 atom stereocenters. The van der Waals surface area contributed by atoms with E-state index in [1.165, 1.54) is 19.3 Å². The van der Waals surface area contributed by atoms with Crippen molar-refractivity contribution in [3.05, 3.63) is 10.1 Å². The Morgan fingerprint density at radius 2 is 1.80 bits per heavy atom. The lowest BCUT2D eigenvalue weighted by atomic mass is 9.92. The Bertz CT molecular complexity index is 622. The summed E-state index contributed by atoms with van der Waals surface area (Å²) < 4.78 is 0. The molecule has 0 amide bonds. The fraction of sp³-hybridized carbons (Fsp3) is 0.765. The average Bonchev–Trinajstić information content (AvgIpc) is 2.54. The second-order valence-corrected chi connectivity index (χ2v) is 7.69. The van der Waals surface area contributed by atoms with E-state index in [1.807, 2.05) is 4.90 Å². The van der Waals surface area contributed by atoms with Crippen LogP contribution in [0.5, 0.6) is 0 Å². The number of hydrogen-bond donors (Lipinski definition) is 2. The minimum Gasteiger partial charge on any atom is -0.378 e. The topological polar surface area (TPSA) is 110 Å². The van der Waals surface area contributed by atoms with E-state index in [2.05, 4.69) is 29.1 Å². The van der Waals surface area contributed by atoms with Crippen LogP contribution in [0.3, 0.4) is 0 Å². The Balaban J connectivity index is 1.91. The van der Waals surface area contributed by atoms with E-state index in [0.29, 0.717) is 29.6 Å². The van der Waals surface area contributed by atoms with E-state index in [9.17, 15) is 10.1 Å². The molecule has 2 fully saturated rings. The molecular formula is C17H28N6O2. The van der Waals surface area contributed by atoms with E-state index < -0.39 is 4.92 Å². The SMILES string of the molecule is C[C@@H]1C[C@@H](C)CN(c2nc(NC3CCCCC3)nc(N)c2[N+](=O)[O-])C1. The fourth-order valence-electron chi connectivity index (χ4n) is 4.19. The molecule has 0 radical (unpaired) electrons. The van der Waals surface area contributed by atoms with Crippen LogP contribution in [0.2, 0.25) is 0 Å². The van der Waals surface area contributed by atoms with E-state index in [0.717, 1.165) is 32.4 Å². The molecule has 8 nitrogen and oxygen atoms in total. The standard InChI is InChI=1S/C17H28N6O2/c1-11-8-12(2)10-22(9-11)16-14(23(24)25)15(18)20-17(21-16)19-13-6-4-3-5-7-13/h11-13H,3-10H2,1-2H3,(H3,18,19,20,21)/t11-,12-/m1/s1. The predicted molar refractivity (Wildman–Crippen MR) is 98.8 cm³/mol. The molecule has 3 rings (SSSR count). The van der Waals surface area contributed by atoms with Gasteiger partial charge in [-0.25, -0.2) is 0 Å². The van der Waals surface area contributed by atoms with Gasteiger partial charge in [0.25, 0.3) is 0 Å². The lowest BCUT2D eigenvalue weighted by molar-refractivity contribution is -0.383. The third kappa shape index (κ3) is 4.11. The van der Waals surface area contributed by atoms with Crippen molar-refractivity contribution < 1.29 is 4.92 Å². The smallest absolute Gasteiger partial charge is 0.353 e. The van der Waals surface area contributed by atoms with E-state index in [-0.39, 0.29) is 11.5 Å². The Morgan fingerprint density at radius 1 is 1.16 bits per heavy atom. The number of hydrogen-bond acceptors (Lipinski definition) is 7. The molecule has 1 aliphatic heterocycles. The molecule has 2 heterocycles. The lowest BCUT2D eigenvalue weighted by Crippen LogP contribution is -2.40. The van der Waals surface area contributed by atoms with E-state index in [1.54, 1.807) is 0 Å². The summed E-state index contributed by atoms with van der Waals surface area (Å²) in [7, 11) is 0. The third-order valence-electron chi connectivity index (χ3n) is 5.18. The maximum absolute atomic E-state index is 11.5. The van der Waals surface area contributed by atoms with Crippen LogP contribution in [-0.2, 0) is 0 Å². The zero-order valence-electron chi connectivity index (χ0n) is 15.1. The van der Waals surface area contributed by atoms with Gasteiger partial charge in [-0.05, 0) is 31.1 Å². The maximum Gasteiger partial charge on any atom is 0.353 e. The highest BCUT2D eigenvalue weighted by Gasteiger charge is 2.32. The molecule has 25 heavy (non-hydrogen) atoms. The van der Waals surface area contributed by atoms with Crippen molar-refractivity contribution in [3.63, 3.8) is 0 Å². The van der Waals surface area contributed by atoms with Gasteiger partial charge in [0.05, 0.1) is 4.92 Å². The van der Waals surface area contributed by atoms with Crippen molar-refractivity contribution in [2.75, 3.05) is 29.0 Å². The average molecular weight is 348 g/mol. The number of nitrogen functional groups attached to an aromatic ring is 1. The second kappa shape index (κ2) is 7.41. The number of nitrogens with two attached hydrogens (primary N) is 1. The molecule has 3 N–H and O–H groups in total. The molecule has 8 heteroatoms. The minimum atomic E-state index is -0.459. The highest BCUT2D eigenvalue weighted by atomic mass is 16.6. The first-order chi connectivity index (χ1) is 11.9. The van der Waals surface area contributed by atoms with Crippen LogP contribution in [0.15, 0.2) is 0 Å². The second-order valence-electron chi connectivity index (χ2n) is 7.69. The van der Waals surface area contributed by atoms with Crippen LogP contribution in [-0.4, -0.2) is 34.0 Å². The zero-order chi connectivity index (χ0) is 18.0. The summed E-state index contributed by atoms with van der Waals surface area (Å²) in [5.41, 5.74) is 5.77. The summed E-state index contributed by atoms with van der Waals surface area (Å²) in [6.07, 6.45) is 6.91. The lowest BCUT2D eigenvalue weighted by Gasteiger charge is -2.35. The summed E-state index contributed by atoms with van der Waals surface area (Å²) in [6, 6.07) is 0.321. The van der Waals surface area contributed by atoms with Crippen molar-refractivity contribution in [2.45, 2.75) is 58.4 Å². The van der Waals surface area contributed by atoms with Crippen molar-refractivity contribution in [2.24, 2.45) is 11.8 Å². The number of piperidine rings is 1. The summed E-state index contributed by atoms with van der Waals surface area (Å²) in [5, 5.41) is 14.9. The van der Waals surface area contributed by atoms with Crippen molar-refractivity contribution in [3.8, 4) is 0 Å². The van der Waals surface area contributed by atoms with E-state index >= 15 is 0 Å². The number of aromatic nitrogens is 2. The van der Waals surface area contributed by atoms with Crippen molar-refractivity contribution in [1.29, 1.82) is 0 Å². The fourth-order valence-corrected chi connectivity index (χ4v) is 4.19. The summed E-state index contributed by atoms with van der Waals surface area (Å²) in [6.45, 7) is 5.84. The quantitative estimate of drug-likeness (QED) is 0.635. The molecule has 1 saturated carbocycles. The van der Waals surface area contributed by atoms with Crippen LogP contribution in [0.4, 0.5) is 23.3 Å². The third-order valence-corrected chi connectivity index (χ3v) is 5.18. The Kier molecular flexibility index (Phi) is 5.24. The monoisotopic (exact) mass is 348 g/mol. The van der Waals surface area contributed by atoms with Crippen LogP contribution >= 0.6 is 0 Å². The van der Waals surface area contributed by atoms with Gasteiger partial charge in [0.1, 0.15) is 0 Å². The first-order valence-electron chi connectivity index (χ1n) is 9.27. The van der Waals surface area contributed by atoms with Gasteiger partial charge in [-0.2, -0.15) is 9.97 Å². The molecule has 0 aromatic carbocycles. The number of nitro groups is 1. The Labute approximate surface area is 148 Å². The molecule has 1 aliphatic carbocycles. The van der Waals surface area contributed by atoms with Crippen LogP contribution in [0.1, 0.15) is 52.4 Å². The highest BCUT2D eigenvalue weighted by molar-refractivity contribution is 5.71. The van der Waals surface area contributed by atoms with Crippen LogP contribution in [0, 0.1) is 22.0 Å². The zero-order valence-corrected chi connectivity index (χ0v) is 15.1. The van der Waals surface area contributed by atoms with Crippen LogP contribution < -0.4 is 16.0 Å². The molecule has 1 aromatic rings. The number of nitrogens with one attached hydrogen (secondary N) is 1. The highest BCUT2D eigenvalue weighted by Crippen LogP contribution is 2.35. The minimum absolute atomic E-state index is 0.0563. The molecule has 2 aliphatic rings. The van der Waals surface area contributed by atoms with Gasteiger partial charge in [0.15, 0.2) is 0 Å². The van der Waals surface area contributed by atoms with Gasteiger partial charge in [-0.1, -0.05) is 33.1 Å². The van der Waals surface area contributed by atoms with Gasteiger partial charge >= 0.3 is 5.69 Å². The molecule has 1 aromatic heterocycles. The molecule has 1 saturated heterocycles. The normalized spacial score (nSPS) is 25.0. The Morgan fingerprint density at radius 3 is 2.40 bits per heavy atom. The van der Waals surface area contributed by atoms with E-state index in [4.69, 9.17) is 5.73 Å². The van der Waals surface area contributed by atoms with Crippen molar-refractivity contribution >= 4 is 23.3 Å². The molecule has 0 bridgehead atoms. The first kappa shape index (κ1) is 17.7. The van der Waals surface area contributed by atoms with Crippen molar-refractivity contribution in [1.82, 2.24) is 9.97 Å². The predicted octanol–water partition coefficient (Wildman–Crippen LogP) is 3.19. The molecule has 138 valence electrons. The maximum atomic E-state index is 11.5. The summed E-state index contributed by atoms with van der Waals surface area (Å²) in [5.74, 6) is 1.65. The van der Waals surface area contributed by atoms with Gasteiger partial charge in [0.2, 0.25) is 17.6 Å². The molecular weight excluding hydrogens is 320 g/mol. The number of nitrogens with zero attached hydrogens (tertiary/aromatic N) is 4. The first-order valence-corrected chi connectivity index (χ1v) is 9.27. The van der Waals surface area contributed by atoms with Gasteiger partial charge in [0, 0.05) is 19.1 Å². The largest absolute Gasteiger partial charge is 0.378 e. The number of rotatable bonds is 4. The van der Waals surface area contributed by atoms with Gasteiger partial charge < -0.3 is 16.0 Å². The number of anilines is 3. The van der Waals surface area contributed by atoms with Crippen LogP contribution in [0.25, 0.3) is 0 Å². The molecule has 0 unspecified atom stereocenters.